The molecule has 0 saturated heterocycles. The van der Waals surface area contributed by atoms with Crippen LogP contribution in [0.2, 0.25) is 0 Å². The number of hydrogen-bond donors (Lipinski definition) is 2. The molecule has 0 fully saturated rings. The molecule has 94 valence electrons. The molecule has 0 aliphatic heterocycles. The molecule has 18 heavy (non-hydrogen) atoms. The third-order valence-electron chi connectivity index (χ3n) is 2.34. The minimum atomic E-state index is -0.889. The largest absolute Gasteiger partial charge is 0.480 e. The van der Waals surface area contributed by atoms with Gasteiger partial charge >= 0.3 is 5.97 Å². The fourth-order valence-electron chi connectivity index (χ4n) is 1.51. The number of carboxylic acid groups (broad SMARTS) is 1. The van der Waals surface area contributed by atoms with Gasteiger partial charge < -0.3 is 10.0 Å². The van der Waals surface area contributed by atoms with E-state index in [1.165, 1.54) is 4.68 Å². The molecule has 2 aromatic rings. The normalized spacial score (nSPS) is 10.3. The van der Waals surface area contributed by atoms with Gasteiger partial charge in [-0.2, -0.15) is 4.68 Å². The molecule has 1 N–H and O–H groups in total. The molecule has 0 aliphatic rings. The number of aliphatic carboxylic acids is 1. The first kappa shape index (κ1) is 12.4. The van der Waals surface area contributed by atoms with Crippen LogP contribution >= 0.6 is 12.6 Å². The predicted molar refractivity (Wildman–Crippen MR) is 67.3 cm³/mol. The average Bonchev–Trinajstić information content (AvgIpc) is 2.75. The van der Waals surface area contributed by atoms with Crippen molar-refractivity contribution in [3.8, 4) is 5.69 Å². The van der Waals surface area contributed by atoms with Crippen molar-refractivity contribution >= 4 is 24.3 Å². The van der Waals surface area contributed by atoms with E-state index < -0.39 is 5.97 Å². The number of tetrazole rings is 1. The zero-order chi connectivity index (χ0) is 13.1. The Kier molecular flexibility index (Phi) is 3.47. The maximum absolute atomic E-state index is 10.7. The minimum Gasteiger partial charge on any atom is -0.480 e. The number of carbonyl (C=O) groups is 1. The summed E-state index contributed by atoms with van der Waals surface area (Å²) in [6, 6.07) is 7.22. The van der Waals surface area contributed by atoms with Crippen molar-refractivity contribution in [2.45, 2.75) is 5.16 Å². The van der Waals surface area contributed by atoms with E-state index in [0.29, 0.717) is 5.16 Å². The molecule has 7 nitrogen and oxygen atoms in total. The molecular formula is C10H11N5O2S. The summed E-state index contributed by atoms with van der Waals surface area (Å²) >= 11 is 4.12. The quantitative estimate of drug-likeness (QED) is 0.782. The summed E-state index contributed by atoms with van der Waals surface area (Å²) in [5.74, 6) is -0.889. The minimum absolute atomic E-state index is 0.0766. The molecule has 0 saturated carbocycles. The molecule has 0 amide bonds. The Labute approximate surface area is 108 Å². The Balaban J connectivity index is 2.31. The Morgan fingerprint density at radius 1 is 1.56 bits per heavy atom. The molecule has 0 atom stereocenters. The van der Waals surface area contributed by atoms with E-state index in [4.69, 9.17) is 5.11 Å². The maximum Gasteiger partial charge on any atom is 0.323 e. The lowest BCUT2D eigenvalue weighted by Gasteiger charge is -2.17. The average molecular weight is 265 g/mol. The van der Waals surface area contributed by atoms with Crippen molar-refractivity contribution < 1.29 is 9.90 Å². The summed E-state index contributed by atoms with van der Waals surface area (Å²) in [5, 5.41) is 20.1. The van der Waals surface area contributed by atoms with E-state index >= 15 is 0 Å². The third kappa shape index (κ3) is 2.59. The summed E-state index contributed by atoms with van der Waals surface area (Å²) in [7, 11) is 1.70. The standard InChI is InChI=1S/C10H11N5O2S/c1-14(6-9(16)17)7-3-2-4-8(5-7)15-10(18)11-12-13-15/h2-5H,6H2,1H3,(H,16,17)(H,11,13,18). The molecule has 1 heterocycles. The second-order valence-electron chi connectivity index (χ2n) is 3.66. The van der Waals surface area contributed by atoms with E-state index in [9.17, 15) is 4.79 Å². The van der Waals surface area contributed by atoms with Crippen LogP contribution in [0.15, 0.2) is 29.4 Å². The van der Waals surface area contributed by atoms with Crippen molar-refractivity contribution in [1.82, 2.24) is 20.2 Å². The van der Waals surface area contributed by atoms with Crippen LogP contribution < -0.4 is 4.90 Å². The zero-order valence-electron chi connectivity index (χ0n) is 9.56. The number of hydrogen-bond acceptors (Lipinski definition) is 6. The molecule has 0 unspecified atom stereocenters. The third-order valence-corrected chi connectivity index (χ3v) is 2.62. The predicted octanol–water partition coefficient (Wildman–Crippen LogP) is 0.472. The second kappa shape index (κ2) is 5.05. The highest BCUT2D eigenvalue weighted by atomic mass is 32.1. The van der Waals surface area contributed by atoms with Gasteiger partial charge in [-0.15, -0.1) is 17.7 Å². The Morgan fingerprint density at radius 2 is 2.33 bits per heavy atom. The molecule has 0 radical (unpaired) electrons. The van der Waals surface area contributed by atoms with Crippen molar-refractivity contribution in [3.05, 3.63) is 24.3 Å². The van der Waals surface area contributed by atoms with Crippen LogP contribution in [0, 0.1) is 0 Å². The Morgan fingerprint density at radius 3 is 2.94 bits per heavy atom. The molecule has 8 heteroatoms. The van der Waals surface area contributed by atoms with Crippen molar-refractivity contribution in [2.24, 2.45) is 0 Å². The summed E-state index contributed by atoms with van der Waals surface area (Å²) in [6.07, 6.45) is 0. The number of thiol groups is 1. The van der Waals surface area contributed by atoms with E-state index in [1.54, 1.807) is 24.1 Å². The number of nitrogens with zero attached hydrogens (tertiary/aromatic N) is 5. The van der Waals surface area contributed by atoms with Crippen LogP contribution in [-0.4, -0.2) is 44.9 Å². The smallest absolute Gasteiger partial charge is 0.323 e. The molecule has 0 bridgehead atoms. The highest BCUT2D eigenvalue weighted by molar-refractivity contribution is 7.80. The monoisotopic (exact) mass is 265 g/mol. The lowest BCUT2D eigenvalue weighted by molar-refractivity contribution is -0.135. The van der Waals surface area contributed by atoms with Gasteiger partial charge in [0.05, 0.1) is 5.69 Å². The van der Waals surface area contributed by atoms with E-state index in [2.05, 4.69) is 28.2 Å². The van der Waals surface area contributed by atoms with Crippen molar-refractivity contribution in [3.63, 3.8) is 0 Å². The maximum atomic E-state index is 10.7. The second-order valence-corrected chi connectivity index (χ2v) is 4.06. The topological polar surface area (TPSA) is 84.1 Å². The van der Waals surface area contributed by atoms with Crippen molar-refractivity contribution in [1.29, 1.82) is 0 Å². The highest BCUT2D eigenvalue weighted by Gasteiger charge is 2.09. The lowest BCUT2D eigenvalue weighted by Crippen LogP contribution is -2.25. The van der Waals surface area contributed by atoms with Gasteiger partial charge in [-0.3, -0.25) is 4.79 Å². The Bertz CT molecular complexity index is 571. The van der Waals surface area contributed by atoms with E-state index in [1.807, 2.05) is 12.1 Å². The number of aromatic nitrogens is 4. The van der Waals surface area contributed by atoms with Crippen LogP contribution in [0.5, 0.6) is 0 Å². The van der Waals surface area contributed by atoms with E-state index in [0.717, 1.165) is 11.4 Å². The zero-order valence-corrected chi connectivity index (χ0v) is 10.4. The van der Waals surface area contributed by atoms with Gasteiger partial charge in [-0.1, -0.05) is 6.07 Å². The molecule has 2 rings (SSSR count). The molecule has 1 aromatic heterocycles. The van der Waals surface area contributed by atoms with Gasteiger partial charge in [0.15, 0.2) is 0 Å². The van der Waals surface area contributed by atoms with Crippen molar-refractivity contribution in [2.75, 3.05) is 18.5 Å². The van der Waals surface area contributed by atoms with E-state index in [-0.39, 0.29) is 6.54 Å². The van der Waals surface area contributed by atoms with Gasteiger partial charge in [-0.05, 0) is 28.6 Å². The van der Waals surface area contributed by atoms with Crippen LogP contribution in [0.25, 0.3) is 5.69 Å². The molecule has 0 spiro atoms. The molecule has 1 aromatic carbocycles. The fourth-order valence-corrected chi connectivity index (χ4v) is 1.70. The van der Waals surface area contributed by atoms with Crippen LogP contribution in [0.3, 0.4) is 0 Å². The fraction of sp³-hybridized carbons (Fsp3) is 0.200. The number of anilines is 1. The first-order chi connectivity index (χ1) is 8.58. The summed E-state index contributed by atoms with van der Waals surface area (Å²) in [6.45, 7) is -0.0766. The van der Waals surface area contributed by atoms with Gasteiger partial charge in [-0.25, -0.2) is 0 Å². The lowest BCUT2D eigenvalue weighted by atomic mass is 10.2. The first-order valence-corrected chi connectivity index (χ1v) is 5.53. The Hall–Kier alpha value is -2.09. The number of carboxylic acids is 1. The van der Waals surface area contributed by atoms with Gasteiger partial charge in [0.25, 0.3) is 0 Å². The van der Waals surface area contributed by atoms with Crippen LogP contribution in [-0.2, 0) is 4.79 Å². The van der Waals surface area contributed by atoms with Gasteiger partial charge in [0.2, 0.25) is 5.16 Å². The highest BCUT2D eigenvalue weighted by Crippen LogP contribution is 2.18. The number of rotatable bonds is 4. The molecule has 0 aliphatic carbocycles. The SMILES string of the molecule is CN(CC(=O)O)c1cccc(-n2nnnc2S)c1. The number of likely N-dealkylation sites (N-methyl/N-ethyl adjacent to an activating group) is 1. The molecular weight excluding hydrogens is 254 g/mol. The summed E-state index contributed by atoms with van der Waals surface area (Å²) < 4.78 is 1.46. The van der Waals surface area contributed by atoms with Gasteiger partial charge in [0.1, 0.15) is 6.54 Å². The van der Waals surface area contributed by atoms with Crippen LogP contribution in [0.4, 0.5) is 5.69 Å². The first-order valence-electron chi connectivity index (χ1n) is 5.08. The van der Waals surface area contributed by atoms with Crippen LogP contribution in [0.1, 0.15) is 0 Å². The summed E-state index contributed by atoms with van der Waals surface area (Å²) in [5.41, 5.74) is 1.48. The number of benzene rings is 1. The van der Waals surface area contributed by atoms with Gasteiger partial charge in [0, 0.05) is 12.7 Å². The summed E-state index contributed by atoms with van der Waals surface area (Å²) in [4.78, 5) is 12.3.